The van der Waals surface area contributed by atoms with Gasteiger partial charge in [0, 0.05) is 19.6 Å². The van der Waals surface area contributed by atoms with Crippen LogP contribution in [0.5, 0.6) is 0 Å². The van der Waals surface area contributed by atoms with Crippen LogP contribution in [0.2, 0.25) is 0 Å². The molecule has 0 aliphatic carbocycles. The van der Waals surface area contributed by atoms with E-state index in [1.165, 1.54) is 0 Å². The van der Waals surface area contributed by atoms with Gasteiger partial charge in [0.1, 0.15) is 0 Å². The summed E-state index contributed by atoms with van der Waals surface area (Å²) < 4.78 is 5.40. The molecule has 0 aliphatic heterocycles. The van der Waals surface area contributed by atoms with Gasteiger partial charge >= 0.3 is 5.97 Å². The van der Waals surface area contributed by atoms with Gasteiger partial charge in [-0.1, -0.05) is 20.8 Å². The smallest absolute Gasteiger partial charge is 0.303 e. The summed E-state index contributed by atoms with van der Waals surface area (Å²) in [6.45, 7) is 8.00. The first-order chi connectivity index (χ1) is 6.42. The summed E-state index contributed by atoms with van der Waals surface area (Å²) in [6.07, 6.45) is 2.86. The van der Waals surface area contributed by atoms with Crippen LogP contribution >= 0.6 is 0 Å². The Labute approximate surface area is 86.5 Å². The largest absolute Gasteiger partial charge is 0.481 e. The van der Waals surface area contributed by atoms with E-state index in [4.69, 9.17) is 9.84 Å². The summed E-state index contributed by atoms with van der Waals surface area (Å²) >= 11 is 0. The highest BCUT2D eigenvalue weighted by atomic mass is 16.5. The molecule has 0 aromatic heterocycles. The Bertz CT molecular complexity index is 158. The first-order valence-electron chi connectivity index (χ1n) is 5.21. The summed E-state index contributed by atoms with van der Waals surface area (Å²) in [6, 6.07) is 0. The molecule has 0 rings (SSSR count). The van der Waals surface area contributed by atoms with E-state index in [1.54, 1.807) is 0 Å². The van der Waals surface area contributed by atoms with E-state index in [0.29, 0.717) is 18.4 Å². The normalized spacial score (nSPS) is 11.6. The monoisotopic (exact) mass is 202 g/mol. The lowest BCUT2D eigenvalue weighted by Crippen LogP contribution is -2.10. The maximum atomic E-state index is 10.2. The third-order valence-electron chi connectivity index (χ3n) is 1.93. The van der Waals surface area contributed by atoms with Gasteiger partial charge in [-0.2, -0.15) is 0 Å². The molecule has 0 saturated heterocycles. The van der Waals surface area contributed by atoms with Crippen LogP contribution in [0, 0.1) is 5.41 Å². The van der Waals surface area contributed by atoms with Gasteiger partial charge in [-0.25, -0.2) is 0 Å². The first-order valence-corrected chi connectivity index (χ1v) is 5.21. The van der Waals surface area contributed by atoms with Crippen molar-refractivity contribution in [3.63, 3.8) is 0 Å². The average Bonchev–Trinajstić information content (AvgIpc) is 2.00. The molecule has 0 unspecified atom stereocenters. The number of aliphatic carboxylic acids is 1. The van der Waals surface area contributed by atoms with Crippen LogP contribution in [0.4, 0.5) is 0 Å². The predicted octanol–water partition coefficient (Wildman–Crippen LogP) is 2.69. The molecular formula is C11H22O3. The van der Waals surface area contributed by atoms with Crippen LogP contribution in [0.3, 0.4) is 0 Å². The van der Waals surface area contributed by atoms with E-state index in [9.17, 15) is 4.79 Å². The lowest BCUT2D eigenvalue weighted by Gasteiger charge is -2.17. The van der Waals surface area contributed by atoms with E-state index in [-0.39, 0.29) is 6.42 Å². The lowest BCUT2D eigenvalue weighted by atomic mass is 9.93. The van der Waals surface area contributed by atoms with Crippen LogP contribution in [-0.2, 0) is 9.53 Å². The van der Waals surface area contributed by atoms with Gasteiger partial charge in [-0.15, -0.1) is 0 Å². The molecule has 84 valence electrons. The van der Waals surface area contributed by atoms with E-state index in [1.807, 2.05) is 0 Å². The minimum atomic E-state index is -0.723. The summed E-state index contributed by atoms with van der Waals surface area (Å²) in [5, 5.41) is 8.38. The average molecular weight is 202 g/mol. The maximum Gasteiger partial charge on any atom is 0.303 e. The fourth-order valence-electron chi connectivity index (χ4n) is 0.961. The minimum absolute atomic E-state index is 0.253. The number of hydrogen-bond acceptors (Lipinski definition) is 2. The Morgan fingerprint density at radius 3 is 2.36 bits per heavy atom. The quantitative estimate of drug-likeness (QED) is 0.646. The number of rotatable bonds is 7. The van der Waals surface area contributed by atoms with Crippen LogP contribution in [0.15, 0.2) is 0 Å². The van der Waals surface area contributed by atoms with Crippen molar-refractivity contribution in [3.8, 4) is 0 Å². The Balaban J connectivity index is 3.11. The van der Waals surface area contributed by atoms with Gasteiger partial charge in [-0.3, -0.25) is 4.79 Å². The van der Waals surface area contributed by atoms with E-state index >= 15 is 0 Å². The molecule has 0 saturated carbocycles. The maximum absolute atomic E-state index is 10.2. The van der Waals surface area contributed by atoms with Gasteiger partial charge < -0.3 is 9.84 Å². The third-order valence-corrected chi connectivity index (χ3v) is 1.93. The van der Waals surface area contributed by atoms with Crippen molar-refractivity contribution < 1.29 is 14.6 Å². The lowest BCUT2D eigenvalue weighted by molar-refractivity contribution is -0.137. The standard InChI is InChI=1S/C11H22O3/c1-11(2,3)7-9-14-8-5-4-6-10(12)13/h4-9H2,1-3H3,(H,12,13). The topological polar surface area (TPSA) is 46.5 Å². The van der Waals surface area contributed by atoms with Crippen LogP contribution in [-0.4, -0.2) is 24.3 Å². The molecule has 0 amide bonds. The number of carboxylic acid groups (broad SMARTS) is 1. The highest BCUT2D eigenvalue weighted by molar-refractivity contribution is 5.66. The van der Waals surface area contributed by atoms with Crippen molar-refractivity contribution in [1.29, 1.82) is 0 Å². The summed E-state index contributed by atoms with van der Waals surface area (Å²) in [5.41, 5.74) is 0.321. The van der Waals surface area contributed by atoms with E-state index in [2.05, 4.69) is 20.8 Å². The Morgan fingerprint density at radius 1 is 1.21 bits per heavy atom. The van der Waals surface area contributed by atoms with Crippen molar-refractivity contribution in [2.45, 2.75) is 46.5 Å². The Kier molecular flexibility index (Phi) is 6.54. The highest BCUT2D eigenvalue weighted by Gasteiger charge is 2.08. The number of carboxylic acids is 1. The molecule has 0 aliphatic rings. The van der Waals surface area contributed by atoms with E-state index in [0.717, 1.165) is 19.4 Å². The highest BCUT2D eigenvalue weighted by Crippen LogP contribution is 2.17. The molecule has 3 nitrogen and oxygen atoms in total. The SMILES string of the molecule is CC(C)(C)CCOCCCCC(=O)O. The molecule has 0 fully saturated rings. The van der Waals surface area contributed by atoms with Gasteiger partial charge in [0.15, 0.2) is 0 Å². The zero-order valence-electron chi connectivity index (χ0n) is 9.51. The van der Waals surface area contributed by atoms with Crippen LogP contribution in [0.25, 0.3) is 0 Å². The molecule has 0 radical (unpaired) electrons. The molecular weight excluding hydrogens is 180 g/mol. The van der Waals surface area contributed by atoms with Gasteiger partial charge in [0.2, 0.25) is 0 Å². The zero-order chi connectivity index (χ0) is 11.0. The summed E-state index contributed by atoms with van der Waals surface area (Å²) in [5.74, 6) is -0.723. The number of ether oxygens (including phenoxy) is 1. The van der Waals surface area contributed by atoms with E-state index < -0.39 is 5.97 Å². The third kappa shape index (κ3) is 11.4. The molecule has 14 heavy (non-hydrogen) atoms. The molecule has 0 atom stereocenters. The fraction of sp³-hybridized carbons (Fsp3) is 0.909. The molecule has 0 aromatic carbocycles. The molecule has 0 aromatic rings. The Morgan fingerprint density at radius 2 is 1.86 bits per heavy atom. The van der Waals surface area contributed by atoms with Crippen molar-refractivity contribution in [2.24, 2.45) is 5.41 Å². The summed E-state index contributed by atoms with van der Waals surface area (Å²) in [7, 11) is 0. The van der Waals surface area contributed by atoms with Crippen molar-refractivity contribution in [2.75, 3.05) is 13.2 Å². The molecule has 1 N–H and O–H groups in total. The van der Waals surface area contributed by atoms with Crippen molar-refractivity contribution >= 4 is 5.97 Å². The van der Waals surface area contributed by atoms with Crippen LogP contribution < -0.4 is 0 Å². The Hall–Kier alpha value is -0.570. The molecule has 0 spiro atoms. The minimum Gasteiger partial charge on any atom is -0.481 e. The first kappa shape index (κ1) is 13.4. The van der Waals surface area contributed by atoms with Crippen molar-refractivity contribution in [3.05, 3.63) is 0 Å². The molecule has 3 heteroatoms. The fourth-order valence-corrected chi connectivity index (χ4v) is 0.961. The number of unbranched alkanes of at least 4 members (excludes halogenated alkanes) is 1. The van der Waals surface area contributed by atoms with Crippen molar-refractivity contribution in [1.82, 2.24) is 0 Å². The van der Waals surface area contributed by atoms with Gasteiger partial charge in [0.25, 0.3) is 0 Å². The molecule has 0 bridgehead atoms. The van der Waals surface area contributed by atoms with Gasteiger partial charge in [0.05, 0.1) is 0 Å². The second kappa shape index (κ2) is 6.82. The van der Waals surface area contributed by atoms with Crippen LogP contribution in [0.1, 0.15) is 46.5 Å². The molecule has 0 heterocycles. The zero-order valence-corrected chi connectivity index (χ0v) is 9.51. The summed E-state index contributed by atoms with van der Waals surface area (Å²) in [4.78, 5) is 10.2. The number of carbonyl (C=O) groups is 1. The number of hydrogen-bond donors (Lipinski definition) is 1. The van der Waals surface area contributed by atoms with Gasteiger partial charge in [-0.05, 0) is 24.7 Å². The second-order valence-corrected chi connectivity index (χ2v) is 4.77. The predicted molar refractivity (Wildman–Crippen MR) is 56.4 cm³/mol. The second-order valence-electron chi connectivity index (χ2n) is 4.77.